The van der Waals surface area contributed by atoms with E-state index in [0.717, 1.165) is 51.4 Å². The first-order chi connectivity index (χ1) is 14.7. The highest BCUT2D eigenvalue weighted by atomic mass is 16.5. The minimum absolute atomic E-state index is 0.00505. The number of hydrogen-bond acceptors (Lipinski definition) is 5. The van der Waals surface area contributed by atoms with Gasteiger partial charge in [0.1, 0.15) is 29.5 Å². The van der Waals surface area contributed by atoms with Crippen molar-refractivity contribution < 1.29 is 18.7 Å². The zero-order chi connectivity index (χ0) is 20.2. The van der Waals surface area contributed by atoms with Gasteiger partial charge in [-0.2, -0.15) is 0 Å². The fourth-order valence-electron chi connectivity index (χ4n) is 5.39. The molecular weight excluding hydrogens is 378 g/mol. The zero-order valence-electron chi connectivity index (χ0n) is 16.9. The van der Waals surface area contributed by atoms with Crippen LogP contribution in [0.5, 0.6) is 5.75 Å². The van der Waals surface area contributed by atoms with Crippen LogP contribution >= 0.6 is 0 Å². The number of carbonyl (C=O) groups is 2. The Labute approximate surface area is 175 Å². The monoisotopic (exact) mass is 403 g/mol. The van der Waals surface area contributed by atoms with Gasteiger partial charge in [0.25, 0.3) is 0 Å². The SMILES string of the molecule is O=C1CC[C@@H](c2coc3ccc4cc(OCCN5CC6CC6C5)ccc4c23)C(=O)C1. The van der Waals surface area contributed by atoms with E-state index in [1.807, 2.05) is 18.2 Å². The molecule has 1 saturated heterocycles. The van der Waals surface area contributed by atoms with E-state index in [1.54, 1.807) is 6.26 Å². The highest BCUT2D eigenvalue weighted by Crippen LogP contribution is 2.44. The molecule has 0 N–H and O–H groups in total. The number of ether oxygens (including phenoxy) is 1. The van der Waals surface area contributed by atoms with Gasteiger partial charge >= 0.3 is 0 Å². The van der Waals surface area contributed by atoms with Crippen molar-refractivity contribution >= 4 is 33.3 Å². The smallest absolute Gasteiger partial charge is 0.147 e. The number of furan rings is 1. The summed E-state index contributed by atoms with van der Waals surface area (Å²) in [4.78, 5) is 26.6. The summed E-state index contributed by atoms with van der Waals surface area (Å²) in [5.74, 6) is 2.57. The van der Waals surface area contributed by atoms with Gasteiger partial charge in [-0.05, 0) is 59.7 Å². The maximum atomic E-state index is 12.5. The number of ketones is 2. The van der Waals surface area contributed by atoms with Crippen molar-refractivity contribution in [3.8, 4) is 5.75 Å². The maximum absolute atomic E-state index is 12.5. The van der Waals surface area contributed by atoms with Crippen LogP contribution in [-0.2, 0) is 9.59 Å². The molecule has 2 saturated carbocycles. The van der Waals surface area contributed by atoms with E-state index in [9.17, 15) is 9.59 Å². The van der Waals surface area contributed by atoms with Gasteiger partial charge in [-0.15, -0.1) is 0 Å². The first-order valence-electron chi connectivity index (χ1n) is 11.0. The highest BCUT2D eigenvalue weighted by molar-refractivity contribution is 6.11. The van der Waals surface area contributed by atoms with E-state index in [1.165, 1.54) is 19.5 Å². The number of fused-ring (bicyclic) bond motifs is 4. The summed E-state index contributed by atoms with van der Waals surface area (Å²) in [5, 5.41) is 3.13. The topological polar surface area (TPSA) is 59.8 Å². The first-order valence-corrected chi connectivity index (χ1v) is 11.0. The van der Waals surface area contributed by atoms with Crippen LogP contribution in [0.3, 0.4) is 0 Å². The summed E-state index contributed by atoms with van der Waals surface area (Å²) in [7, 11) is 0. The van der Waals surface area contributed by atoms with Gasteiger partial charge in [0.15, 0.2) is 0 Å². The van der Waals surface area contributed by atoms with Gasteiger partial charge in [-0.25, -0.2) is 0 Å². The summed E-state index contributed by atoms with van der Waals surface area (Å²) < 4.78 is 11.8. The molecule has 2 unspecified atom stereocenters. The molecule has 154 valence electrons. The van der Waals surface area contributed by atoms with Crippen LogP contribution in [0, 0.1) is 11.8 Å². The Kier molecular flexibility index (Phi) is 4.20. The van der Waals surface area contributed by atoms with Crippen LogP contribution in [0.15, 0.2) is 41.0 Å². The second-order valence-corrected chi connectivity index (χ2v) is 9.15. The van der Waals surface area contributed by atoms with Crippen molar-refractivity contribution in [1.82, 2.24) is 4.90 Å². The molecule has 0 amide bonds. The van der Waals surface area contributed by atoms with E-state index in [-0.39, 0.29) is 23.9 Å². The standard InChI is InChI=1S/C25H25NO4/c27-18-2-4-21(23(28)11-18)22-14-30-24-6-1-15-10-19(3-5-20(15)25(22)24)29-8-7-26-12-16-9-17(16)13-26/h1,3,5-6,10,14,16-17,21H,2,4,7-9,11-13H2/t16?,17?,21-/m0/s1. The molecule has 6 rings (SSSR count). The number of hydrogen-bond donors (Lipinski definition) is 0. The van der Waals surface area contributed by atoms with Crippen LogP contribution in [0.4, 0.5) is 0 Å². The van der Waals surface area contributed by atoms with Crippen molar-refractivity contribution in [3.05, 3.63) is 42.2 Å². The molecule has 3 fully saturated rings. The van der Waals surface area contributed by atoms with E-state index in [0.29, 0.717) is 19.4 Å². The van der Waals surface area contributed by atoms with E-state index in [4.69, 9.17) is 9.15 Å². The summed E-state index contributed by atoms with van der Waals surface area (Å²) in [6.45, 7) is 4.16. The molecule has 30 heavy (non-hydrogen) atoms. The van der Waals surface area contributed by atoms with E-state index in [2.05, 4.69) is 17.0 Å². The number of likely N-dealkylation sites (tertiary alicyclic amines) is 1. The van der Waals surface area contributed by atoms with Crippen LogP contribution in [-0.4, -0.2) is 42.7 Å². The second kappa shape index (κ2) is 6.95. The Morgan fingerprint density at radius 2 is 1.97 bits per heavy atom. The molecule has 2 aliphatic carbocycles. The average molecular weight is 403 g/mol. The molecule has 2 heterocycles. The fourth-order valence-corrected chi connectivity index (χ4v) is 5.39. The minimum atomic E-state index is -0.253. The lowest BCUT2D eigenvalue weighted by Gasteiger charge is -2.19. The van der Waals surface area contributed by atoms with Gasteiger partial charge in [-0.3, -0.25) is 14.5 Å². The number of benzene rings is 2. The molecule has 0 radical (unpaired) electrons. The third-order valence-electron chi connectivity index (χ3n) is 7.13. The summed E-state index contributed by atoms with van der Waals surface area (Å²) in [6.07, 6.45) is 4.20. The van der Waals surface area contributed by atoms with Gasteiger partial charge in [0.2, 0.25) is 0 Å². The Hall–Kier alpha value is -2.66. The van der Waals surface area contributed by atoms with E-state index < -0.39 is 0 Å². The second-order valence-electron chi connectivity index (χ2n) is 9.15. The minimum Gasteiger partial charge on any atom is -0.492 e. The molecule has 1 aliphatic heterocycles. The highest BCUT2D eigenvalue weighted by Gasteiger charge is 2.44. The molecule has 3 aromatic rings. The van der Waals surface area contributed by atoms with Crippen LogP contribution in [0.2, 0.25) is 0 Å². The number of Topliss-reactive ketones (excluding diaryl/α,β-unsaturated/α-hetero) is 2. The van der Waals surface area contributed by atoms with Gasteiger partial charge < -0.3 is 9.15 Å². The zero-order valence-corrected chi connectivity index (χ0v) is 16.9. The number of carbonyl (C=O) groups excluding carboxylic acids is 2. The van der Waals surface area contributed by atoms with Crippen molar-refractivity contribution in [2.45, 2.75) is 31.6 Å². The Balaban J connectivity index is 1.25. The molecule has 0 spiro atoms. The largest absolute Gasteiger partial charge is 0.492 e. The van der Waals surface area contributed by atoms with Crippen molar-refractivity contribution in [2.24, 2.45) is 11.8 Å². The lowest BCUT2D eigenvalue weighted by molar-refractivity contribution is -0.130. The molecular formula is C25H25NO4. The Morgan fingerprint density at radius 3 is 2.80 bits per heavy atom. The lowest BCUT2D eigenvalue weighted by Crippen LogP contribution is -2.27. The number of nitrogens with zero attached hydrogens (tertiary/aromatic N) is 1. The molecule has 1 aromatic heterocycles. The number of rotatable bonds is 5. The normalized spacial score (nSPS) is 26.5. The van der Waals surface area contributed by atoms with Crippen molar-refractivity contribution in [1.29, 1.82) is 0 Å². The summed E-state index contributed by atoms with van der Waals surface area (Å²) in [6, 6.07) is 10.1. The molecule has 5 nitrogen and oxygen atoms in total. The Bertz CT molecular complexity index is 1150. The van der Waals surface area contributed by atoms with Crippen molar-refractivity contribution in [3.63, 3.8) is 0 Å². The summed E-state index contributed by atoms with van der Waals surface area (Å²) in [5.41, 5.74) is 1.69. The maximum Gasteiger partial charge on any atom is 0.147 e. The lowest BCUT2D eigenvalue weighted by atomic mass is 9.81. The predicted octanol–water partition coefficient (Wildman–Crippen LogP) is 4.32. The molecule has 0 bridgehead atoms. The summed E-state index contributed by atoms with van der Waals surface area (Å²) >= 11 is 0. The van der Waals surface area contributed by atoms with Gasteiger partial charge in [0.05, 0.1) is 12.7 Å². The fraction of sp³-hybridized carbons (Fsp3) is 0.440. The van der Waals surface area contributed by atoms with Gasteiger partial charge in [-0.1, -0.05) is 6.07 Å². The number of piperidine rings is 1. The van der Waals surface area contributed by atoms with Crippen LogP contribution in [0.1, 0.15) is 37.2 Å². The van der Waals surface area contributed by atoms with Gasteiger partial charge in [0, 0.05) is 42.9 Å². The average Bonchev–Trinajstić information content (AvgIpc) is 3.14. The quantitative estimate of drug-likeness (QED) is 0.594. The van der Waals surface area contributed by atoms with Crippen LogP contribution in [0.25, 0.3) is 21.7 Å². The Morgan fingerprint density at radius 1 is 1.10 bits per heavy atom. The van der Waals surface area contributed by atoms with E-state index >= 15 is 0 Å². The molecule has 3 atom stereocenters. The van der Waals surface area contributed by atoms with Crippen LogP contribution < -0.4 is 4.74 Å². The molecule has 2 aromatic carbocycles. The molecule has 3 aliphatic rings. The molecule has 5 heteroatoms. The van der Waals surface area contributed by atoms with Crippen molar-refractivity contribution in [2.75, 3.05) is 26.2 Å². The third kappa shape index (κ3) is 3.12. The first kappa shape index (κ1) is 18.1. The predicted molar refractivity (Wildman–Crippen MR) is 114 cm³/mol. The third-order valence-corrected chi connectivity index (χ3v) is 7.13.